The third-order valence-electron chi connectivity index (χ3n) is 5.44. The molecule has 0 bridgehead atoms. The number of ether oxygens (including phenoxy) is 1. The first-order valence-electron chi connectivity index (χ1n) is 9.53. The van der Waals surface area contributed by atoms with Crippen molar-refractivity contribution in [3.8, 4) is 0 Å². The average molecular weight is 421 g/mol. The van der Waals surface area contributed by atoms with Crippen LogP contribution in [0.15, 0.2) is 16.9 Å². The molecular weight excluding hydrogens is 396 g/mol. The van der Waals surface area contributed by atoms with Crippen molar-refractivity contribution in [2.45, 2.75) is 51.5 Å². The van der Waals surface area contributed by atoms with Crippen LogP contribution in [-0.4, -0.2) is 29.1 Å². The minimum absolute atomic E-state index is 0.0227. The Kier molecular flexibility index (Phi) is 5.05. The van der Waals surface area contributed by atoms with E-state index in [-0.39, 0.29) is 16.8 Å². The zero-order valence-corrected chi connectivity index (χ0v) is 17.4. The molecule has 3 aliphatic rings. The van der Waals surface area contributed by atoms with Crippen LogP contribution >= 0.6 is 0 Å². The molecule has 2 unspecified atom stereocenters. The van der Waals surface area contributed by atoms with E-state index in [1.807, 2.05) is 6.92 Å². The summed E-state index contributed by atoms with van der Waals surface area (Å²) in [5.74, 6) is 0.198. The van der Waals surface area contributed by atoms with Gasteiger partial charge < -0.3 is 20.8 Å². The standard InChI is InChI=1S/C19H24N4O3S2/c1-11-10-26-18(21-11)16(9-20)28(25,27)23-19(24)22-17-14-6-2-4-12(14)8-13-5-3-7-15(13)17/h8-9,11,20-21H,2-7,10H2,1H3,(H2,22,23,24)/b18-16-,20-9?. The van der Waals surface area contributed by atoms with Gasteiger partial charge >= 0.3 is 6.03 Å². The Labute approximate surface area is 169 Å². The van der Waals surface area contributed by atoms with Crippen molar-refractivity contribution in [1.82, 2.24) is 10.0 Å². The molecule has 1 aromatic rings. The Hall–Kier alpha value is -2.13. The smallest absolute Gasteiger partial charge is 0.331 e. The molecule has 1 saturated heterocycles. The van der Waals surface area contributed by atoms with Crippen LogP contribution < -0.4 is 15.4 Å². The molecule has 28 heavy (non-hydrogen) atoms. The van der Waals surface area contributed by atoms with Gasteiger partial charge in [0, 0.05) is 23.1 Å². The molecule has 0 saturated carbocycles. The van der Waals surface area contributed by atoms with Crippen LogP contribution in [0.3, 0.4) is 0 Å². The van der Waals surface area contributed by atoms with Crippen LogP contribution in [0, 0.1) is 5.41 Å². The highest BCUT2D eigenvalue weighted by molar-refractivity contribution is 8.34. The summed E-state index contributed by atoms with van der Waals surface area (Å²) in [7, 11) is -3.41. The molecule has 9 heteroatoms. The van der Waals surface area contributed by atoms with E-state index in [9.17, 15) is 9.00 Å². The first kappa shape index (κ1) is 19.2. The van der Waals surface area contributed by atoms with Crippen molar-refractivity contribution in [2.24, 2.45) is 0 Å². The van der Waals surface area contributed by atoms with Gasteiger partial charge in [0.15, 0.2) is 0 Å². The van der Waals surface area contributed by atoms with E-state index in [0.29, 0.717) is 6.61 Å². The van der Waals surface area contributed by atoms with Crippen molar-refractivity contribution >= 4 is 37.8 Å². The second-order valence-corrected chi connectivity index (χ2v) is 10.5. The molecule has 0 spiro atoms. The summed E-state index contributed by atoms with van der Waals surface area (Å²) in [4.78, 5) is 12.7. The predicted molar refractivity (Wildman–Crippen MR) is 113 cm³/mol. The first-order valence-corrected chi connectivity index (χ1v) is 12.0. The number of allylic oxidation sites excluding steroid dienone is 1. The number of fused-ring (bicyclic) bond motifs is 2. The number of nitrogens with one attached hydrogen (secondary N) is 4. The third kappa shape index (κ3) is 3.48. The molecule has 4 N–H and O–H groups in total. The topological polar surface area (TPSA) is 103 Å². The van der Waals surface area contributed by atoms with E-state index in [2.05, 4.69) is 21.4 Å². The highest BCUT2D eigenvalue weighted by Gasteiger charge is 2.28. The van der Waals surface area contributed by atoms with Gasteiger partial charge in [0.2, 0.25) is 5.88 Å². The SMILES string of the molecule is CC1CO/C(=C(/C=N)S(=O)(=S)NC(=O)Nc2c3c(cc4c2CCC4)CCC3)N1. The lowest BCUT2D eigenvalue weighted by atomic mass is 9.99. The van der Waals surface area contributed by atoms with Crippen LogP contribution in [0.5, 0.6) is 0 Å². The molecule has 0 radical (unpaired) electrons. The summed E-state index contributed by atoms with van der Waals surface area (Å²) in [5, 5.41) is 13.5. The monoisotopic (exact) mass is 420 g/mol. The van der Waals surface area contributed by atoms with Crippen LogP contribution in [-0.2, 0) is 50.3 Å². The highest BCUT2D eigenvalue weighted by Crippen LogP contribution is 2.38. The molecule has 2 aliphatic carbocycles. The fourth-order valence-electron chi connectivity index (χ4n) is 4.21. The van der Waals surface area contributed by atoms with Crippen LogP contribution in [0.1, 0.15) is 42.0 Å². The van der Waals surface area contributed by atoms with Crippen LogP contribution in [0.4, 0.5) is 10.5 Å². The summed E-state index contributed by atoms with van der Waals surface area (Å²) in [5.41, 5.74) is 5.83. The number of aryl methyl sites for hydroxylation is 2. The van der Waals surface area contributed by atoms with Gasteiger partial charge in [-0.15, -0.1) is 0 Å². The lowest BCUT2D eigenvalue weighted by molar-refractivity contribution is 0.255. The Balaban J connectivity index is 1.58. The molecule has 1 fully saturated rings. The normalized spacial score (nSPS) is 23.7. The van der Waals surface area contributed by atoms with Gasteiger partial charge in [-0.05, 0) is 67.7 Å². The Morgan fingerprint density at radius 2 is 1.93 bits per heavy atom. The third-order valence-corrected chi connectivity index (χ3v) is 7.56. The predicted octanol–water partition coefficient (Wildman–Crippen LogP) is 2.27. The Morgan fingerprint density at radius 3 is 2.46 bits per heavy atom. The lowest BCUT2D eigenvalue weighted by Crippen LogP contribution is -2.36. The Bertz CT molecular complexity index is 953. The number of urea groups is 1. The lowest BCUT2D eigenvalue weighted by Gasteiger charge is -2.17. The summed E-state index contributed by atoms with van der Waals surface area (Å²) < 4.78 is 20.8. The van der Waals surface area contributed by atoms with E-state index in [1.54, 1.807) is 0 Å². The molecular formula is C19H24N4O3S2. The molecule has 2 atom stereocenters. The molecule has 1 heterocycles. The van der Waals surface area contributed by atoms with Gasteiger partial charge in [-0.1, -0.05) is 6.07 Å². The van der Waals surface area contributed by atoms with E-state index >= 15 is 0 Å². The summed E-state index contributed by atoms with van der Waals surface area (Å²) in [6.45, 7) is 2.29. The van der Waals surface area contributed by atoms with E-state index in [4.69, 9.17) is 21.3 Å². The van der Waals surface area contributed by atoms with Gasteiger partial charge in [0.25, 0.3) is 0 Å². The van der Waals surface area contributed by atoms with Gasteiger partial charge in [-0.2, -0.15) is 0 Å². The van der Waals surface area contributed by atoms with Gasteiger partial charge in [-0.3, -0.25) is 4.72 Å². The number of benzene rings is 1. The molecule has 1 aliphatic heterocycles. The van der Waals surface area contributed by atoms with Crippen LogP contribution in [0.2, 0.25) is 0 Å². The maximum absolute atomic E-state index is 13.0. The quantitative estimate of drug-likeness (QED) is 0.560. The largest absolute Gasteiger partial charge is 0.476 e. The maximum Gasteiger partial charge on any atom is 0.331 e. The zero-order valence-electron chi connectivity index (χ0n) is 15.7. The summed E-state index contributed by atoms with van der Waals surface area (Å²) in [6, 6.07) is 1.70. The Morgan fingerprint density at radius 1 is 1.29 bits per heavy atom. The molecule has 150 valence electrons. The van der Waals surface area contributed by atoms with E-state index < -0.39 is 14.7 Å². The number of hydrogen-bond donors (Lipinski definition) is 4. The van der Waals surface area contributed by atoms with E-state index in [1.165, 1.54) is 22.3 Å². The van der Waals surface area contributed by atoms with Crippen molar-refractivity contribution < 1.29 is 13.7 Å². The number of carbonyl (C=O) groups excluding carboxylic acids is 1. The number of hydrogen-bond acceptors (Lipinski definition) is 6. The van der Waals surface area contributed by atoms with Crippen molar-refractivity contribution in [3.05, 3.63) is 39.1 Å². The zero-order chi connectivity index (χ0) is 19.9. The molecule has 7 nitrogen and oxygen atoms in total. The minimum atomic E-state index is -3.41. The van der Waals surface area contributed by atoms with E-state index in [0.717, 1.165) is 50.4 Å². The maximum atomic E-state index is 13.0. The average Bonchev–Trinajstić information content (AvgIpc) is 3.35. The summed E-state index contributed by atoms with van der Waals surface area (Å²) in [6.07, 6.45) is 6.98. The second kappa shape index (κ2) is 7.36. The number of rotatable bonds is 4. The summed E-state index contributed by atoms with van der Waals surface area (Å²) >= 11 is 5.16. The van der Waals surface area contributed by atoms with Gasteiger partial charge in [-0.25, -0.2) is 9.00 Å². The second-order valence-electron chi connectivity index (χ2n) is 7.49. The van der Waals surface area contributed by atoms with Gasteiger partial charge in [0.1, 0.15) is 20.2 Å². The number of carbonyl (C=O) groups is 1. The molecule has 0 aromatic heterocycles. The number of amides is 2. The molecule has 4 rings (SSSR count). The minimum Gasteiger partial charge on any atom is -0.476 e. The fraction of sp³-hybridized carbons (Fsp3) is 0.474. The molecule has 1 aromatic carbocycles. The number of anilines is 1. The van der Waals surface area contributed by atoms with Crippen molar-refractivity contribution in [2.75, 3.05) is 11.9 Å². The highest BCUT2D eigenvalue weighted by atomic mass is 32.8. The van der Waals surface area contributed by atoms with Crippen molar-refractivity contribution in [3.63, 3.8) is 0 Å². The van der Waals surface area contributed by atoms with Gasteiger partial charge in [0.05, 0.1) is 6.04 Å². The first-order chi connectivity index (χ1) is 13.4. The fourth-order valence-corrected chi connectivity index (χ4v) is 5.73. The van der Waals surface area contributed by atoms with Crippen LogP contribution in [0.25, 0.3) is 0 Å². The molecule has 2 amide bonds. The van der Waals surface area contributed by atoms with Crippen molar-refractivity contribution in [1.29, 1.82) is 5.41 Å².